The zero-order valence-corrected chi connectivity index (χ0v) is 14.2. The van der Waals surface area contributed by atoms with Gasteiger partial charge in [0.05, 0.1) is 11.3 Å². The number of rotatable bonds is 4. The fraction of sp³-hybridized carbons (Fsp3) is 0.583. The number of hydrogen-bond donors (Lipinski definition) is 0. The maximum absolute atomic E-state index is 11.7. The Bertz CT molecular complexity index is 776. The van der Waals surface area contributed by atoms with Crippen molar-refractivity contribution in [3.05, 3.63) is 11.4 Å². The van der Waals surface area contributed by atoms with Gasteiger partial charge in [0.2, 0.25) is 0 Å². The van der Waals surface area contributed by atoms with Gasteiger partial charge in [-0.15, -0.1) is 10.2 Å². The summed E-state index contributed by atoms with van der Waals surface area (Å²) in [6.45, 7) is 8.18. The van der Waals surface area contributed by atoms with E-state index < -0.39 is 9.05 Å². The Hall–Kier alpha value is -1.41. The van der Waals surface area contributed by atoms with Crippen molar-refractivity contribution in [2.75, 3.05) is 0 Å². The maximum Gasteiger partial charge on any atom is 0.296 e. The molecule has 0 aliphatic carbocycles. The van der Waals surface area contributed by atoms with Crippen LogP contribution in [0, 0.1) is 19.8 Å². The topological polar surface area (TPSA) is 82.7 Å². The van der Waals surface area contributed by atoms with Crippen molar-refractivity contribution in [2.24, 2.45) is 13.0 Å². The Balaban J connectivity index is 2.72. The van der Waals surface area contributed by atoms with E-state index in [1.54, 1.807) is 9.25 Å². The maximum atomic E-state index is 11.7. The molecule has 0 spiro atoms. The summed E-state index contributed by atoms with van der Waals surface area (Å²) in [6, 6.07) is 0. The Morgan fingerprint density at radius 1 is 1.24 bits per heavy atom. The molecule has 0 aliphatic rings. The first-order valence-electron chi connectivity index (χ1n) is 6.51. The molecule has 0 unspecified atom stereocenters. The Kier molecular flexibility index (Phi) is 4.12. The van der Waals surface area contributed by atoms with Crippen LogP contribution in [0.4, 0.5) is 0 Å². The molecule has 2 heterocycles. The summed E-state index contributed by atoms with van der Waals surface area (Å²) in [5, 5.41) is 11.9. The summed E-state index contributed by atoms with van der Waals surface area (Å²) >= 11 is 0. The third-order valence-corrected chi connectivity index (χ3v) is 4.37. The van der Waals surface area contributed by atoms with Crippen molar-refractivity contribution >= 4 is 19.7 Å². The van der Waals surface area contributed by atoms with Gasteiger partial charge in [0, 0.05) is 30.0 Å². The SMILES string of the molecule is Cc1nn(C)c(C)c1-c1nnc(S(=O)(=O)Cl)n1CC(C)C. The molecule has 0 saturated carbocycles. The fourth-order valence-corrected chi connectivity index (χ4v) is 3.19. The summed E-state index contributed by atoms with van der Waals surface area (Å²) in [7, 11) is 3.34. The molecule has 0 aliphatic heterocycles. The lowest BCUT2D eigenvalue weighted by Gasteiger charge is -2.11. The van der Waals surface area contributed by atoms with Crippen molar-refractivity contribution in [3.63, 3.8) is 0 Å². The van der Waals surface area contributed by atoms with Gasteiger partial charge in [0.15, 0.2) is 5.82 Å². The van der Waals surface area contributed by atoms with Crippen LogP contribution in [0.3, 0.4) is 0 Å². The Morgan fingerprint density at radius 2 is 1.86 bits per heavy atom. The highest BCUT2D eigenvalue weighted by Crippen LogP contribution is 2.28. The molecule has 0 saturated heterocycles. The van der Waals surface area contributed by atoms with Crippen molar-refractivity contribution in [1.82, 2.24) is 24.5 Å². The molecule has 2 aromatic heterocycles. The lowest BCUT2D eigenvalue weighted by atomic mass is 10.1. The largest absolute Gasteiger partial charge is 0.296 e. The summed E-state index contributed by atoms with van der Waals surface area (Å²) in [5.41, 5.74) is 2.45. The van der Waals surface area contributed by atoms with Crippen LogP contribution in [-0.2, 0) is 22.6 Å². The van der Waals surface area contributed by atoms with Gasteiger partial charge in [-0.1, -0.05) is 13.8 Å². The van der Waals surface area contributed by atoms with Crippen molar-refractivity contribution in [3.8, 4) is 11.4 Å². The number of halogens is 1. The Morgan fingerprint density at radius 3 is 2.29 bits per heavy atom. The van der Waals surface area contributed by atoms with E-state index in [-0.39, 0.29) is 11.1 Å². The molecule has 2 rings (SSSR count). The molecule has 0 bridgehead atoms. The smallest absolute Gasteiger partial charge is 0.296 e. The average Bonchev–Trinajstić information content (AvgIpc) is 2.81. The molecule has 0 atom stereocenters. The quantitative estimate of drug-likeness (QED) is 0.799. The third-order valence-electron chi connectivity index (χ3n) is 3.22. The molecule has 116 valence electrons. The van der Waals surface area contributed by atoms with Crippen molar-refractivity contribution in [1.29, 1.82) is 0 Å². The predicted molar refractivity (Wildman–Crippen MR) is 79.6 cm³/mol. The van der Waals surface area contributed by atoms with Gasteiger partial charge in [-0.3, -0.25) is 9.25 Å². The van der Waals surface area contributed by atoms with E-state index in [0.29, 0.717) is 12.4 Å². The van der Waals surface area contributed by atoms with Crippen LogP contribution in [0.2, 0.25) is 0 Å². The molecule has 0 radical (unpaired) electrons. The number of aryl methyl sites for hydroxylation is 2. The van der Waals surface area contributed by atoms with E-state index in [1.807, 2.05) is 34.7 Å². The van der Waals surface area contributed by atoms with Gasteiger partial charge >= 0.3 is 0 Å². The minimum atomic E-state index is -3.95. The van der Waals surface area contributed by atoms with Gasteiger partial charge in [-0.25, -0.2) is 8.42 Å². The Labute approximate surface area is 128 Å². The predicted octanol–water partition coefficient (Wildman–Crippen LogP) is 1.88. The molecule has 21 heavy (non-hydrogen) atoms. The van der Waals surface area contributed by atoms with Gasteiger partial charge in [-0.05, 0) is 19.8 Å². The summed E-state index contributed by atoms with van der Waals surface area (Å²) < 4.78 is 26.6. The van der Waals surface area contributed by atoms with E-state index in [9.17, 15) is 8.42 Å². The van der Waals surface area contributed by atoms with Crippen molar-refractivity contribution < 1.29 is 8.42 Å². The first-order valence-corrected chi connectivity index (χ1v) is 8.82. The lowest BCUT2D eigenvalue weighted by Crippen LogP contribution is -2.12. The molecule has 2 aromatic rings. The van der Waals surface area contributed by atoms with E-state index in [2.05, 4.69) is 15.3 Å². The zero-order valence-electron chi connectivity index (χ0n) is 12.6. The number of aromatic nitrogens is 5. The standard InChI is InChI=1S/C12H18ClN5O2S/c1-7(2)6-18-11(14-15-12(18)21(13,19)20)10-8(3)16-17(5)9(10)4/h7H,6H2,1-5H3. The molecular weight excluding hydrogens is 314 g/mol. The summed E-state index contributed by atoms with van der Waals surface area (Å²) in [6.07, 6.45) is 0. The van der Waals surface area contributed by atoms with Crippen LogP contribution in [-0.4, -0.2) is 33.0 Å². The van der Waals surface area contributed by atoms with E-state index in [1.165, 1.54) is 0 Å². The van der Waals surface area contributed by atoms with Crippen LogP contribution in [0.1, 0.15) is 25.2 Å². The van der Waals surface area contributed by atoms with Gasteiger partial charge in [-0.2, -0.15) is 5.10 Å². The molecular formula is C12H18ClN5O2S. The number of hydrogen-bond acceptors (Lipinski definition) is 5. The third kappa shape index (κ3) is 2.96. The molecule has 7 nitrogen and oxygen atoms in total. The van der Waals surface area contributed by atoms with Crippen LogP contribution in [0.25, 0.3) is 11.4 Å². The minimum Gasteiger partial charge on any atom is -0.296 e. The fourth-order valence-electron chi connectivity index (χ4n) is 2.28. The lowest BCUT2D eigenvalue weighted by molar-refractivity contribution is 0.488. The van der Waals surface area contributed by atoms with Crippen molar-refractivity contribution in [2.45, 2.75) is 39.4 Å². The van der Waals surface area contributed by atoms with E-state index in [0.717, 1.165) is 17.0 Å². The molecule has 0 aromatic carbocycles. The van der Waals surface area contributed by atoms with Crippen LogP contribution in [0.5, 0.6) is 0 Å². The second-order valence-electron chi connectivity index (χ2n) is 5.42. The highest BCUT2D eigenvalue weighted by Gasteiger charge is 2.26. The normalized spacial score (nSPS) is 12.3. The summed E-state index contributed by atoms with van der Waals surface area (Å²) in [4.78, 5) is 0. The van der Waals surface area contributed by atoms with Gasteiger partial charge < -0.3 is 0 Å². The number of nitrogens with zero attached hydrogens (tertiary/aromatic N) is 5. The highest BCUT2D eigenvalue weighted by molar-refractivity contribution is 8.13. The van der Waals surface area contributed by atoms with Crippen LogP contribution in [0.15, 0.2) is 5.16 Å². The zero-order chi connectivity index (χ0) is 15.9. The first-order chi connectivity index (χ1) is 9.62. The first kappa shape index (κ1) is 16.0. The molecule has 0 fully saturated rings. The van der Waals surface area contributed by atoms with Gasteiger partial charge in [0.25, 0.3) is 14.2 Å². The van der Waals surface area contributed by atoms with E-state index >= 15 is 0 Å². The average molecular weight is 332 g/mol. The second-order valence-corrected chi connectivity index (χ2v) is 7.88. The van der Waals surface area contributed by atoms with E-state index in [4.69, 9.17) is 10.7 Å². The second kappa shape index (κ2) is 5.42. The van der Waals surface area contributed by atoms with Gasteiger partial charge in [0.1, 0.15) is 0 Å². The highest BCUT2D eigenvalue weighted by atomic mass is 35.7. The minimum absolute atomic E-state index is 0.217. The molecule has 0 amide bonds. The summed E-state index contributed by atoms with van der Waals surface area (Å²) in [5.74, 6) is 0.695. The molecule has 0 N–H and O–H groups in total. The molecule has 9 heteroatoms. The monoisotopic (exact) mass is 331 g/mol. The van der Waals surface area contributed by atoms with Crippen LogP contribution < -0.4 is 0 Å². The van der Waals surface area contributed by atoms with Crippen LogP contribution >= 0.6 is 10.7 Å².